The zero-order chi connectivity index (χ0) is 22.8. The lowest BCUT2D eigenvalue weighted by Gasteiger charge is -2.35. The van der Waals surface area contributed by atoms with Gasteiger partial charge >= 0.3 is 0 Å². The fourth-order valence-electron chi connectivity index (χ4n) is 4.64. The second kappa shape index (κ2) is 8.90. The zero-order valence-corrected chi connectivity index (χ0v) is 18.5. The third kappa shape index (κ3) is 4.00. The van der Waals surface area contributed by atoms with E-state index < -0.39 is 0 Å². The lowest BCUT2D eigenvalue weighted by Crippen LogP contribution is -2.41. The van der Waals surface area contributed by atoms with Crippen molar-refractivity contribution in [1.29, 1.82) is 0 Å². The van der Waals surface area contributed by atoms with Crippen LogP contribution in [0.2, 0.25) is 0 Å². The molecule has 0 bridgehead atoms. The van der Waals surface area contributed by atoms with Crippen LogP contribution in [0.3, 0.4) is 0 Å². The number of rotatable bonds is 6. The fraction of sp³-hybridized carbons (Fsp3) is 0.222. The van der Waals surface area contributed by atoms with Gasteiger partial charge in [-0.3, -0.25) is 14.6 Å². The van der Waals surface area contributed by atoms with Crippen molar-refractivity contribution in [2.45, 2.75) is 25.3 Å². The van der Waals surface area contributed by atoms with E-state index in [0.717, 1.165) is 23.3 Å². The van der Waals surface area contributed by atoms with E-state index in [1.807, 2.05) is 35.2 Å². The summed E-state index contributed by atoms with van der Waals surface area (Å²) in [6.45, 7) is 0.589. The Hall–Kier alpha value is -3.93. The van der Waals surface area contributed by atoms with E-state index in [9.17, 15) is 9.59 Å². The molecule has 0 fully saturated rings. The summed E-state index contributed by atoms with van der Waals surface area (Å²) >= 11 is 0. The molecule has 0 radical (unpaired) electrons. The van der Waals surface area contributed by atoms with Crippen LogP contribution in [0.4, 0.5) is 0 Å². The summed E-state index contributed by atoms with van der Waals surface area (Å²) in [5, 5.41) is 1.19. The highest BCUT2D eigenvalue weighted by Crippen LogP contribution is 2.38. The van der Waals surface area contributed by atoms with Crippen LogP contribution in [0.5, 0.6) is 5.75 Å². The maximum Gasteiger partial charge on any atom is 0.223 e. The molecule has 2 aromatic carbocycles. The molecule has 6 heteroatoms. The van der Waals surface area contributed by atoms with Gasteiger partial charge in [0.1, 0.15) is 11.8 Å². The van der Waals surface area contributed by atoms with E-state index in [1.54, 1.807) is 37.6 Å². The van der Waals surface area contributed by atoms with Crippen molar-refractivity contribution < 1.29 is 14.3 Å². The Bertz CT molecular complexity index is 1300. The molecule has 3 heterocycles. The number of para-hydroxylation sites is 1. The molecular formula is C27H25N3O3. The normalized spacial score (nSPS) is 15.3. The van der Waals surface area contributed by atoms with E-state index in [4.69, 9.17) is 4.74 Å². The van der Waals surface area contributed by atoms with E-state index >= 15 is 0 Å². The minimum Gasteiger partial charge on any atom is -0.497 e. The van der Waals surface area contributed by atoms with Crippen LogP contribution in [0, 0.1) is 0 Å². The van der Waals surface area contributed by atoms with Gasteiger partial charge in [0.2, 0.25) is 5.91 Å². The van der Waals surface area contributed by atoms with Crippen molar-refractivity contribution >= 4 is 22.6 Å². The topological polar surface area (TPSA) is 75.3 Å². The van der Waals surface area contributed by atoms with Crippen molar-refractivity contribution in [3.8, 4) is 5.75 Å². The van der Waals surface area contributed by atoms with Gasteiger partial charge in [-0.05, 0) is 54.4 Å². The highest BCUT2D eigenvalue weighted by Gasteiger charge is 2.35. The second-order valence-electron chi connectivity index (χ2n) is 8.21. The molecule has 1 N–H and O–H groups in total. The number of pyridine rings is 1. The second-order valence-corrected chi connectivity index (χ2v) is 8.21. The van der Waals surface area contributed by atoms with Crippen molar-refractivity contribution in [1.82, 2.24) is 14.9 Å². The van der Waals surface area contributed by atoms with Crippen LogP contribution in [0.25, 0.3) is 10.9 Å². The quantitative estimate of drug-likeness (QED) is 0.442. The summed E-state index contributed by atoms with van der Waals surface area (Å²) in [7, 11) is 1.59. The first-order chi connectivity index (χ1) is 16.2. The number of amides is 1. The molecule has 1 aliphatic rings. The number of carbonyl (C=O) groups is 2. The van der Waals surface area contributed by atoms with Gasteiger partial charge in [-0.25, -0.2) is 0 Å². The number of ketones is 1. The van der Waals surface area contributed by atoms with Gasteiger partial charge in [-0.1, -0.05) is 24.3 Å². The van der Waals surface area contributed by atoms with Crippen LogP contribution in [0.1, 0.15) is 46.2 Å². The molecule has 166 valence electrons. The van der Waals surface area contributed by atoms with E-state index in [2.05, 4.69) is 22.1 Å². The summed E-state index contributed by atoms with van der Waals surface area (Å²) < 4.78 is 5.15. The van der Waals surface area contributed by atoms with Gasteiger partial charge in [-0.15, -0.1) is 0 Å². The molecule has 0 saturated carbocycles. The lowest BCUT2D eigenvalue weighted by molar-refractivity contribution is -0.133. The molecule has 1 unspecified atom stereocenters. The molecular weight excluding hydrogens is 414 g/mol. The van der Waals surface area contributed by atoms with Gasteiger partial charge in [-0.2, -0.15) is 0 Å². The summed E-state index contributed by atoms with van der Waals surface area (Å²) in [5.74, 6) is 0.601. The van der Waals surface area contributed by atoms with E-state index in [1.165, 1.54) is 10.9 Å². The molecule has 6 nitrogen and oxygen atoms in total. The number of ether oxygens (including phenoxy) is 1. The van der Waals surface area contributed by atoms with Gasteiger partial charge in [0.05, 0.1) is 12.8 Å². The van der Waals surface area contributed by atoms with Crippen LogP contribution < -0.4 is 4.74 Å². The van der Waals surface area contributed by atoms with Crippen molar-refractivity contribution in [2.75, 3.05) is 13.7 Å². The van der Waals surface area contributed by atoms with Crippen LogP contribution in [0.15, 0.2) is 72.9 Å². The summed E-state index contributed by atoms with van der Waals surface area (Å²) in [4.78, 5) is 36.0. The van der Waals surface area contributed by atoms with E-state index in [0.29, 0.717) is 17.9 Å². The van der Waals surface area contributed by atoms with Gasteiger partial charge in [0.25, 0.3) is 0 Å². The number of hydrogen-bond donors (Lipinski definition) is 1. The predicted molar refractivity (Wildman–Crippen MR) is 126 cm³/mol. The molecule has 5 rings (SSSR count). The number of nitrogens with zero attached hydrogens (tertiary/aromatic N) is 2. The highest BCUT2D eigenvalue weighted by atomic mass is 16.5. The van der Waals surface area contributed by atoms with Crippen molar-refractivity contribution in [3.05, 3.63) is 95.4 Å². The smallest absolute Gasteiger partial charge is 0.223 e. The van der Waals surface area contributed by atoms with Gasteiger partial charge in [0.15, 0.2) is 5.78 Å². The number of Topliss-reactive ketones (excluding diaryl/α,β-unsaturated/α-hetero) is 1. The van der Waals surface area contributed by atoms with Crippen LogP contribution >= 0.6 is 0 Å². The summed E-state index contributed by atoms with van der Waals surface area (Å²) in [6.07, 6.45) is 2.84. The summed E-state index contributed by atoms with van der Waals surface area (Å²) in [6, 6.07) is 20.7. The largest absolute Gasteiger partial charge is 0.497 e. The number of nitrogens with one attached hydrogen (secondary N) is 1. The lowest BCUT2D eigenvalue weighted by atomic mass is 9.94. The number of carbonyl (C=O) groups excluding carboxylic acids is 2. The van der Waals surface area contributed by atoms with Gasteiger partial charge < -0.3 is 14.6 Å². The van der Waals surface area contributed by atoms with Crippen molar-refractivity contribution in [2.24, 2.45) is 0 Å². The monoisotopic (exact) mass is 439 g/mol. The number of H-pyrrole nitrogens is 1. The number of aromatic amines is 1. The molecule has 4 aromatic rings. The Kier molecular flexibility index (Phi) is 5.65. The zero-order valence-electron chi connectivity index (χ0n) is 18.5. The Morgan fingerprint density at radius 2 is 1.82 bits per heavy atom. The first kappa shape index (κ1) is 20.9. The van der Waals surface area contributed by atoms with Crippen molar-refractivity contribution in [3.63, 3.8) is 0 Å². The first-order valence-electron chi connectivity index (χ1n) is 11.1. The average molecular weight is 440 g/mol. The number of hydrogen-bond acceptors (Lipinski definition) is 4. The Labute approximate surface area is 192 Å². The highest BCUT2D eigenvalue weighted by molar-refractivity contribution is 5.98. The number of aromatic nitrogens is 2. The van der Waals surface area contributed by atoms with Crippen LogP contribution in [-0.4, -0.2) is 40.2 Å². The predicted octanol–water partition coefficient (Wildman–Crippen LogP) is 4.71. The molecule has 1 amide bonds. The minimum atomic E-state index is -0.300. The number of methoxy groups -OCH3 is 1. The third-order valence-corrected chi connectivity index (χ3v) is 6.30. The standard InChI is InChI=1S/C27H25N3O3/c1-33-19-11-9-18(10-12-19)24(31)13-14-25(32)30-17-15-21-20-6-2-3-7-22(20)29-26(21)27(30)23-8-4-5-16-28-23/h2-12,16,27,29H,13-15,17H2,1H3. The minimum absolute atomic E-state index is 0.0446. The molecule has 0 aliphatic carbocycles. The Balaban J connectivity index is 1.40. The molecule has 0 spiro atoms. The molecule has 0 saturated heterocycles. The Morgan fingerprint density at radius 3 is 2.58 bits per heavy atom. The van der Waals surface area contributed by atoms with Gasteiger partial charge in [0, 0.05) is 47.7 Å². The third-order valence-electron chi connectivity index (χ3n) is 6.30. The van der Waals surface area contributed by atoms with E-state index in [-0.39, 0.29) is 30.6 Å². The fourth-order valence-corrected chi connectivity index (χ4v) is 4.64. The average Bonchev–Trinajstić information content (AvgIpc) is 3.25. The maximum atomic E-state index is 13.4. The molecule has 1 aliphatic heterocycles. The molecule has 2 aromatic heterocycles. The first-order valence-corrected chi connectivity index (χ1v) is 11.1. The molecule has 1 atom stereocenters. The molecule has 33 heavy (non-hydrogen) atoms. The maximum absolute atomic E-state index is 13.4. The summed E-state index contributed by atoms with van der Waals surface area (Å²) in [5.41, 5.74) is 4.71. The van der Waals surface area contributed by atoms with Crippen LogP contribution in [-0.2, 0) is 11.2 Å². The number of benzene rings is 2. The Morgan fingerprint density at radius 1 is 1.03 bits per heavy atom. The number of fused-ring (bicyclic) bond motifs is 3. The SMILES string of the molecule is COc1ccc(C(=O)CCC(=O)N2CCc3c([nH]c4ccccc34)C2c2ccccn2)cc1.